The topological polar surface area (TPSA) is 66.8 Å². The number of phosphoric acid groups is 1. The summed E-state index contributed by atoms with van der Waals surface area (Å²) in [5, 5.41) is 0. The Morgan fingerprint density at radius 3 is 1.31 bits per heavy atom. The van der Waals surface area contributed by atoms with E-state index in [0.29, 0.717) is 0 Å². The van der Waals surface area contributed by atoms with Crippen molar-refractivity contribution in [1.29, 1.82) is 0 Å². The van der Waals surface area contributed by atoms with Crippen molar-refractivity contribution in [2.24, 2.45) is 0 Å². The van der Waals surface area contributed by atoms with Crippen molar-refractivity contribution < 1.29 is 76.0 Å². The molecule has 1 atom stereocenters. The summed E-state index contributed by atoms with van der Waals surface area (Å²) in [6, 6.07) is 0. The molecule has 158 valence electrons. The molecule has 0 saturated carbocycles. The van der Waals surface area contributed by atoms with Crippen LogP contribution < -0.4 is 0 Å². The summed E-state index contributed by atoms with van der Waals surface area (Å²) in [6.07, 6.45) is -11.6. The van der Waals surface area contributed by atoms with Gasteiger partial charge in [-0.1, -0.05) is 0 Å². The second-order valence-electron chi connectivity index (χ2n) is 4.64. The van der Waals surface area contributed by atoms with Gasteiger partial charge in [0.05, 0.1) is 0 Å². The quantitative estimate of drug-likeness (QED) is 0.435. The summed E-state index contributed by atoms with van der Waals surface area (Å²) in [4.78, 5) is 15.7. The maximum atomic E-state index is 13.1. The Balaban J connectivity index is 6.40. The molecule has 0 rings (SSSR count). The summed E-state index contributed by atoms with van der Waals surface area (Å²) in [5.74, 6) is -38.4. The molecule has 0 spiro atoms. The molecule has 0 aromatic carbocycles. The van der Waals surface area contributed by atoms with Crippen molar-refractivity contribution in [3.05, 3.63) is 0 Å². The molecule has 0 heterocycles. The van der Waals surface area contributed by atoms with Crippen molar-refractivity contribution >= 4 is 7.82 Å². The normalized spacial score (nSPS) is 17.4. The van der Waals surface area contributed by atoms with E-state index in [1.807, 2.05) is 4.52 Å². The fraction of sp³-hybridized carbons (Fsp3) is 1.00. The van der Waals surface area contributed by atoms with Crippen LogP contribution in [0.15, 0.2) is 0 Å². The Labute approximate surface area is 134 Å². The third kappa shape index (κ3) is 3.62. The van der Waals surface area contributed by atoms with Gasteiger partial charge in [-0.2, -0.15) is 52.7 Å². The zero-order valence-electron chi connectivity index (χ0n) is 11.6. The fourth-order valence-electron chi connectivity index (χ4n) is 1.24. The predicted molar refractivity (Wildman–Crippen MR) is 53.4 cm³/mol. The van der Waals surface area contributed by atoms with Crippen LogP contribution in [-0.2, 0) is 9.09 Å². The molecular formula is C8H6F13O4P. The van der Waals surface area contributed by atoms with Crippen molar-refractivity contribution in [2.75, 3.05) is 0 Å². The number of alkyl halides is 13. The van der Waals surface area contributed by atoms with Crippen molar-refractivity contribution in [1.82, 2.24) is 0 Å². The third-order valence-corrected chi connectivity index (χ3v) is 3.17. The van der Waals surface area contributed by atoms with Gasteiger partial charge in [-0.3, -0.25) is 0 Å². The number of hydrogen-bond donors (Lipinski definition) is 2. The molecule has 0 saturated heterocycles. The first-order chi connectivity index (χ1) is 10.9. The van der Waals surface area contributed by atoms with Crippen molar-refractivity contribution in [3.8, 4) is 0 Å². The predicted octanol–water partition coefficient (Wildman–Crippen LogP) is 4.22. The molecule has 0 fully saturated rings. The lowest BCUT2D eigenvalue weighted by Gasteiger charge is -2.41. The van der Waals surface area contributed by atoms with Gasteiger partial charge >= 0.3 is 43.5 Å². The highest BCUT2D eigenvalue weighted by Gasteiger charge is 2.91. The molecule has 0 bridgehead atoms. The molecule has 0 aromatic rings. The largest absolute Gasteiger partial charge is 0.474 e. The Bertz CT molecular complexity index is 568. The number of phosphoric ester groups is 1. The van der Waals surface area contributed by atoms with Gasteiger partial charge in [0.25, 0.3) is 0 Å². The first-order valence-electron chi connectivity index (χ1n) is 5.57. The Hall–Kier alpha value is -0.800. The van der Waals surface area contributed by atoms with Gasteiger partial charge in [0.1, 0.15) is 0 Å². The van der Waals surface area contributed by atoms with Crippen LogP contribution in [0.5, 0.6) is 0 Å². The molecule has 4 nitrogen and oxygen atoms in total. The lowest BCUT2D eigenvalue weighted by Crippen LogP contribution is -2.71. The smallest absolute Gasteiger partial charge is 0.303 e. The van der Waals surface area contributed by atoms with Crippen molar-refractivity contribution in [3.63, 3.8) is 0 Å². The van der Waals surface area contributed by atoms with Gasteiger partial charge in [-0.15, -0.1) is 0 Å². The highest BCUT2D eigenvalue weighted by atomic mass is 31.2. The molecule has 0 radical (unpaired) electrons. The monoisotopic (exact) mass is 444 g/mol. The lowest BCUT2D eigenvalue weighted by atomic mass is 9.92. The Kier molecular flexibility index (Phi) is 6.18. The molecule has 18 heteroatoms. The molecule has 1 unspecified atom stereocenters. The van der Waals surface area contributed by atoms with E-state index in [-0.39, 0.29) is 0 Å². The van der Waals surface area contributed by atoms with Crippen molar-refractivity contribution in [2.45, 2.75) is 48.8 Å². The van der Waals surface area contributed by atoms with Gasteiger partial charge in [-0.25, -0.2) is 13.5 Å². The van der Waals surface area contributed by atoms with Crippen LogP contribution in [0, 0.1) is 0 Å². The first kappa shape index (κ1) is 25.2. The molecule has 0 aliphatic carbocycles. The van der Waals surface area contributed by atoms with Gasteiger partial charge in [0, 0.05) is 0 Å². The molecule has 0 amide bonds. The highest BCUT2D eigenvalue weighted by Crippen LogP contribution is 2.62. The van der Waals surface area contributed by atoms with E-state index in [2.05, 4.69) is 0 Å². The van der Waals surface area contributed by atoms with Gasteiger partial charge in [0.2, 0.25) is 0 Å². The molecule has 0 aromatic heterocycles. The van der Waals surface area contributed by atoms with E-state index in [4.69, 9.17) is 9.79 Å². The zero-order chi connectivity index (χ0) is 21.8. The first-order valence-corrected chi connectivity index (χ1v) is 7.10. The van der Waals surface area contributed by atoms with Crippen LogP contribution in [-0.4, -0.2) is 51.7 Å². The van der Waals surface area contributed by atoms with Crippen LogP contribution >= 0.6 is 7.82 Å². The van der Waals surface area contributed by atoms with E-state index in [1.165, 1.54) is 0 Å². The number of halogens is 13. The van der Waals surface area contributed by atoms with E-state index >= 15 is 0 Å². The lowest BCUT2D eigenvalue weighted by molar-refractivity contribution is -0.450. The third-order valence-electron chi connectivity index (χ3n) is 2.70. The van der Waals surface area contributed by atoms with Crippen LogP contribution in [0.2, 0.25) is 0 Å². The second-order valence-corrected chi connectivity index (χ2v) is 5.80. The summed E-state index contributed by atoms with van der Waals surface area (Å²) in [6.45, 7) is -0.550. The minimum Gasteiger partial charge on any atom is -0.303 e. The molecule has 0 aliphatic rings. The Morgan fingerprint density at radius 1 is 0.731 bits per heavy atom. The second kappa shape index (κ2) is 6.38. The van der Waals surface area contributed by atoms with Crippen LogP contribution in [0.1, 0.15) is 6.92 Å². The fourth-order valence-corrected chi connectivity index (χ4v) is 1.66. The summed E-state index contributed by atoms with van der Waals surface area (Å²) >= 11 is 0. The zero-order valence-corrected chi connectivity index (χ0v) is 12.5. The van der Waals surface area contributed by atoms with Crippen LogP contribution in [0.3, 0.4) is 0 Å². The number of rotatable bonds is 8. The van der Waals surface area contributed by atoms with E-state index in [9.17, 15) is 61.6 Å². The van der Waals surface area contributed by atoms with Gasteiger partial charge in [-0.05, 0) is 6.92 Å². The maximum Gasteiger partial charge on any atom is 0.474 e. The minimum absolute atomic E-state index is 0.550. The molecule has 26 heavy (non-hydrogen) atoms. The van der Waals surface area contributed by atoms with Gasteiger partial charge < -0.3 is 9.79 Å². The van der Waals surface area contributed by atoms with Gasteiger partial charge in [0.15, 0.2) is 6.17 Å². The van der Waals surface area contributed by atoms with E-state index in [0.717, 1.165) is 0 Å². The summed E-state index contributed by atoms with van der Waals surface area (Å²) in [7, 11) is -6.80. The average Bonchev–Trinajstić information content (AvgIpc) is 2.34. The average molecular weight is 444 g/mol. The minimum atomic E-state index is -8.11. The highest BCUT2D eigenvalue weighted by molar-refractivity contribution is 7.46. The van der Waals surface area contributed by atoms with Crippen LogP contribution in [0.25, 0.3) is 0 Å². The molecule has 0 aliphatic heterocycles. The number of hydrogen-bond acceptors (Lipinski definition) is 2. The standard InChI is InChI=1S/C8H6F13O4P/c1-2(9)3(10,11)4(12,13)5(14,15)6(16,17)7(18,19)8(20,21)25-26(22,23)24/h2H,1H3,(H2,22,23,24). The van der Waals surface area contributed by atoms with E-state index in [1.54, 1.807) is 0 Å². The Morgan fingerprint density at radius 2 is 1.04 bits per heavy atom. The van der Waals surface area contributed by atoms with Crippen LogP contribution in [0.4, 0.5) is 57.1 Å². The maximum absolute atomic E-state index is 13.1. The SMILES string of the molecule is CC(F)C(F)(F)C(F)(F)C(F)(F)C(F)(F)C(F)(F)C(F)(F)OP(=O)(O)O. The van der Waals surface area contributed by atoms with E-state index < -0.39 is 56.6 Å². The summed E-state index contributed by atoms with van der Waals surface area (Å²) < 4.78 is 180. The molecule has 2 N–H and O–H groups in total. The molecular weight excluding hydrogens is 438 g/mol. The summed E-state index contributed by atoms with van der Waals surface area (Å²) in [5.41, 5.74) is 0.